The maximum Gasteiger partial charge on any atom is 0.328 e. The highest BCUT2D eigenvalue weighted by molar-refractivity contribution is 5.87. The molecule has 0 heterocycles. The average Bonchev–Trinajstić information content (AvgIpc) is 2.20. The lowest BCUT2D eigenvalue weighted by Gasteiger charge is -2.20. The molecular weight excluding hydrogens is 218 g/mol. The Hall–Kier alpha value is -1.84. The van der Waals surface area contributed by atoms with Crippen LogP contribution in [0.5, 0.6) is 0 Å². The van der Waals surface area contributed by atoms with E-state index in [0.29, 0.717) is 0 Å². The van der Waals surface area contributed by atoms with Gasteiger partial charge in [0.05, 0.1) is 6.42 Å². The Kier molecular flexibility index (Phi) is 3.89. The Bertz CT molecular complexity index is 421. The number of nitrogens with one attached hydrogen (secondary N) is 1. The number of rotatable bonds is 4. The van der Waals surface area contributed by atoms with Gasteiger partial charge in [-0.15, -0.1) is 0 Å². The van der Waals surface area contributed by atoms with Gasteiger partial charge in [0, 0.05) is 0 Å². The van der Waals surface area contributed by atoms with E-state index in [1.807, 2.05) is 31.2 Å². The Labute approximate surface area is 101 Å². The van der Waals surface area contributed by atoms with E-state index >= 15 is 0 Å². The molecule has 17 heavy (non-hydrogen) atoms. The Morgan fingerprint density at radius 2 is 1.76 bits per heavy atom. The van der Waals surface area contributed by atoms with Crippen LogP contribution in [-0.4, -0.2) is 22.5 Å². The zero-order valence-electron chi connectivity index (χ0n) is 10.3. The van der Waals surface area contributed by atoms with Crippen molar-refractivity contribution in [2.24, 2.45) is 0 Å². The Morgan fingerprint density at radius 1 is 1.24 bits per heavy atom. The molecule has 0 aliphatic carbocycles. The van der Waals surface area contributed by atoms with Gasteiger partial charge in [-0.05, 0) is 26.3 Å². The fourth-order valence-corrected chi connectivity index (χ4v) is 1.34. The van der Waals surface area contributed by atoms with Crippen molar-refractivity contribution in [2.45, 2.75) is 32.7 Å². The van der Waals surface area contributed by atoms with Crippen molar-refractivity contribution in [3.8, 4) is 0 Å². The summed E-state index contributed by atoms with van der Waals surface area (Å²) in [4.78, 5) is 22.5. The van der Waals surface area contributed by atoms with Crippen molar-refractivity contribution in [1.29, 1.82) is 0 Å². The second-order valence-electron chi connectivity index (χ2n) is 4.64. The maximum absolute atomic E-state index is 11.6. The van der Waals surface area contributed by atoms with E-state index in [1.165, 1.54) is 13.8 Å². The standard InChI is InChI=1S/C13H17NO3/c1-9-4-6-10(7-5-9)8-11(15)14-13(2,3)12(16)17/h4-7H,8H2,1-3H3,(H,14,15)(H,16,17). The average molecular weight is 235 g/mol. The number of amides is 1. The fourth-order valence-electron chi connectivity index (χ4n) is 1.34. The van der Waals surface area contributed by atoms with Gasteiger partial charge in [0.1, 0.15) is 5.54 Å². The first-order valence-corrected chi connectivity index (χ1v) is 5.41. The van der Waals surface area contributed by atoms with E-state index in [2.05, 4.69) is 5.32 Å². The molecule has 0 aromatic heterocycles. The van der Waals surface area contributed by atoms with Crippen LogP contribution in [0.25, 0.3) is 0 Å². The van der Waals surface area contributed by atoms with Crippen LogP contribution in [0.2, 0.25) is 0 Å². The molecule has 4 nitrogen and oxygen atoms in total. The summed E-state index contributed by atoms with van der Waals surface area (Å²) in [6.45, 7) is 4.89. The molecule has 0 radical (unpaired) electrons. The first-order valence-electron chi connectivity index (χ1n) is 5.41. The molecule has 0 saturated heterocycles. The summed E-state index contributed by atoms with van der Waals surface area (Å²) in [5, 5.41) is 11.4. The second kappa shape index (κ2) is 4.99. The summed E-state index contributed by atoms with van der Waals surface area (Å²) < 4.78 is 0. The highest BCUT2D eigenvalue weighted by Crippen LogP contribution is 2.06. The molecule has 0 bridgehead atoms. The third-order valence-electron chi connectivity index (χ3n) is 2.47. The second-order valence-corrected chi connectivity index (χ2v) is 4.64. The molecule has 1 rings (SSSR count). The molecule has 0 saturated carbocycles. The molecule has 2 N–H and O–H groups in total. The number of hydrogen-bond acceptors (Lipinski definition) is 2. The first-order chi connectivity index (χ1) is 7.81. The largest absolute Gasteiger partial charge is 0.480 e. The lowest BCUT2D eigenvalue weighted by molar-refractivity contribution is -0.145. The van der Waals surface area contributed by atoms with Crippen LogP contribution in [0.4, 0.5) is 0 Å². The number of hydrogen-bond donors (Lipinski definition) is 2. The van der Waals surface area contributed by atoms with Gasteiger partial charge in [0.2, 0.25) is 5.91 Å². The lowest BCUT2D eigenvalue weighted by Crippen LogP contribution is -2.50. The van der Waals surface area contributed by atoms with Gasteiger partial charge in [-0.25, -0.2) is 4.79 Å². The lowest BCUT2D eigenvalue weighted by atomic mass is 10.0. The number of aliphatic carboxylic acids is 1. The Morgan fingerprint density at radius 3 is 2.24 bits per heavy atom. The molecule has 0 unspecified atom stereocenters. The molecule has 0 atom stereocenters. The molecule has 0 aliphatic heterocycles. The van der Waals surface area contributed by atoms with Gasteiger partial charge in [-0.3, -0.25) is 4.79 Å². The predicted molar refractivity (Wildman–Crippen MR) is 64.7 cm³/mol. The minimum absolute atomic E-state index is 0.191. The van der Waals surface area contributed by atoms with Gasteiger partial charge in [-0.1, -0.05) is 29.8 Å². The monoisotopic (exact) mass is 235 g/mol. The van der Waals surface area contributed by atoms with E-state index in [-0.39, 0.29) is 12.3 Å². The third kappa shape index (κ3) is 3.90. The summed E-state index contributed by atoms with van der Waals surface area (Å²) in [5.41, 5.74) is 0.760. The van der Waals surface area contributed by atoms with E-state index in [1.54, 1.807) is 0 Å². The zero-order chi connectivity index (χ0) is 13.1. The van der Waals surface area contributed by atoms with E-state index in [0.717, 1.165) is 11.1 Å². The normalized spacial score (nSPS) is 11.0. The van der Waals surface area contributed by atoms with Crippen molar-refractivity contribution in [2.75, 3.05) is 0 Å². The van der Waals surface area contributed by atoms with Crippen molar-refractivity contribution >= 4 is 11.9 Å². The highest BCUT2D eigenvalue weighted by Gasteiger charge is 2.28. The molecule has 1 amide bonds. The number of carbonyl (C=O) groups excluding carboxylic acids is 1. The summed E-state index contributed by atoms with van der Waals surface area (Å²) in [6.07, 6.45) is 0.191. The summed E-state index contributed by atoms with van der Waals surface area (Å²) in [6, 6.07) is 7.57. The number of aryl methyl sites for hydroxylation is 1. The third-order valence-corrected chi connectivity index (χ3v) is 2.47. The van der Waals surface area contributed by atoms with Gasteiger partial charge >= 0.3 is 5.97 Å². The first kappa shape index (κ1) is 13.2. The van der Waals surface area contributed by atoms with Crippen molar-refractivity contribution < 1.29 is 14.7 Å². The van der Waals surface area contributed by atoms with Crippen LogP contribution in [-0.2, 0) is 16.0 Å². The zero-order valence-corrected chi connectivity index (χ0v) is 10.3. The van der Waals surface area contributed by atoms with Crippen molar-refractivity contribution in [3.63, 3.8) is 0 Å². The molecule has 92 valence electrons. The van der Waals surface area contributed by atoms with Crippen LogP contribution in [0, 0.1) is 6.92 Å². The quantitative estimate of drug-likeness (QED) is 0.831. The number of benzene rings is 1. The minimum Gasteiger partial charge on any atom is -0.480 e. The molecular formula is C13H17NO3. The number of carbonyl (C=O) groups is 2. The molecule has 0 spiro atoms. The van der Waals surface area contributed by atoms with Crippen LogP contribution in [0.15, 0.2) is 24.3 Å². The van der Waals surface area contributed by atoms with Crippen molar-refractivity contribution in [3.05, 3.63) is 35.4 Å². The van der Waals surface area contributed by atoms with E-state index < -0.39 is 11.5 Å². The minimum atomic E-state index is -1.23. The van der Waals surface area contributed by atoms with Crippen LogP contribution < -0.4 is 5.32 Å². The SMILES string of the molecule is Cc1ccc(CC(=O)NC(C)(C)C(=O)O)cc1. The smallest absolute Gasteiger partial charge is 0.328 e. The molecule has 0 fully saturated rings. The van der Waals surface area contributed by atoms with Crippen LogP contribution in [0.1, 0.15) is 25.0 Å². The van der Waals surface area contributed by atoms with Crippen LogP contribution >= 0.6 is 0 Å². The van der Waals surface area contributed by atoms with Crippen molar-refractivity contribution in [1.82, 2.24) is 5.32 Å². The van der Waals surface area contributed by atoms with Gasteiger partial charge in [0.15, 0.2) is 0 Å². The molecule has 4 heteroatoms. The maximum atomic E-state index is 11.6. The highest BCUT2D eigenvalue weighted by atomic mass is 16.4. The topological polar surface area (TPSA) is 66.4 Å². The number of carboxylic acids is 1. The summed E-state index contributed by atoms with van der Waals surface area (Å²) in [5.74, 6) is -1.34. The van der Waals surface area contributed by atoms with E-state index in [9.17, 15) is 9.59 Å². The number of carboxylic acid groups (broad SMARTS) is 1. The fraction of sp³-hybridized carbons (Fsp3) is 0.385. The van der Waals surface area contributed by atoms with Gasteiger partial charge in [-0.2, -0.15) is 0 Å². The van der Waals surface area contributed by atoms with Gasteiger partial charge < -0.3 is 10.4 Å². The molecule has 1 aromatic rings. The Balaban J connectivity index is 2.62. The van der Waals surface area contributed by atoms with Crippen LogP contribution in [0.3, 0.4) is 0 Å². The van der Waals surface area contributed by atoms with E-state index in [4.69, 9.17) is 5.11 Å². The summed E-state index contributed by atoms with van der Waals surface area (Å²) >= 11 is 0. The molecule has 0 aliphatic rings. The van der Waals surface area contributed by atoms with Gasteiger partial charge in [0.25, 0.3) is 0 Å². The summed E-state index contributed by atoms with van der Waals surface area (Å²) in [7, 11) is 0. The molecule has 1 aromatic carbocycles. The predicted octanol–water partition coefficient (Wildman–Crippen LogP) is 1.52.